The van der Waals surface area contributed by atoms with Crippen molar-refractivity contribution < 1.29 is 9.53 Å². The van der Waals surface area contributed by atoms with Crippen molar-refractivity contribution in [3.63, 3.8) is 0 Å². The van der Waals surface area contributed by atoms with Gasteiger partial charge >= 0.3 is 5.97 Å². The number of rotatable bonds is 4. The van der Waals surface area contributed by atoms with Gasteiger partial charge in [0.05, 0.1) is 19.2 Å². The SMILES string of the molecule is COC(=O)CCNc1nnc(C)c(C)c1C#N. The van der Waals surface area contributed by atoms with Crippen molar-refractivity contribution >= 4 is 11.8 Å². The molecule has 6 nitrogen and oxygen atoms in total. The predicted molar refractivity (Wildman–Crippen MR) is 61.3 cm³/mol. The van der Waals surface area contributed by atoms with Crippen molar-refractivity contribution in [3.8, 4) is 6.07 Å². The molecule has 0 bridgehead atoms. The molecule has 0 atom stereocenters. The van der Waals surface area contributed by atoms with Gasteiger partial charge in [-0.05, 0) is 19.4 Å². The van der Waals surface area contributed by atoms with Gasteiger partial charge in [-0.2, -0.15) is 10.4 Å². The van der Waals surface area contributed by atoms with E-state index in [0.29, 0.717) is 17.9 Å². The van der Waals surface area contributed by atoms with Crippen LogP contribution in [0.25, 0.3) is 0 Å². The lowest BCUT2D eigenvalue weighted by Gasteiger charge is -2.08. The highest BCUT2D eigenvalue weighted by Crippen LogP contribution is 2.16. The van der Waals surface area contributed by atoms with E-state index in [1.54, 1.807) is 6.92 Å². The number of hydrogen-bond acceptors (Lipinski definition) is 6. The molecule has 6 heteroatoms. The van der Waals surface area contributed by atoms with Crippen molar-refractivity contribution in [2.45, 2.75) is 20.3 Å². The number of anilines is 1. The summed E-state index contributed by atoms with van der Waals surface area (Å²) in [6.45, 7) is 3.97. The average molecular weight is 234 g/mol. The Hall–Kier alpha value is -2.16. The Balaban J connectivity index is 2.76. The summed E-state index contributed by atoms with van der Waals surface area (Å²) in [6, 6.07) is 2.08. The summed E-state index contributed by atoms with van der Waals surface area (Å²) in [7, 11) is 1.33. The van der Waals surface area contributed by atoms with E-state index in [1.807, 2.05) is 6.92 Å². The Kier molecular flexibility index (Phi) is 4.40. The number of esters is 1. The molecule has 0 fully saturated rings. The topological polar surface area (TPSA) is 87.9 Å². The van der Waals surface area contributed by atoms with Crippen LogP contribution in [0.5, 0.6) is 0 Å². The second-order valence-corrected chi connectivity index (χ2v) is 3.50. The zero-order valence-corrected chi connectivity index (χ0v) is 10.1. The van der Waals surface area contributed by atoms with Crippen molar-refractivity contribution in [3.05, 3.63) is 16.8 Å². The van der Waals surface area contributed by atoms with E-state index in [2.05, 4.69) is 26.3 Å². The number of aromatic nitrogens is 2. The van der Waals surface area contributed by atoms with E-state index in [4.69, 9.17) is 5.26 Å². The van der Waals surface area contributed by atoms with Gasteiger partial charge in [0.15, 0.2) is 5.82 Å². The molecule has 0 aliphatic heterocycles. The van der Waals surface area contributed by atoms with Gasteiger partial charge in [-0.3, -0.25) is 4.79 Å². The minimum absolute atomic E-state index is 0.218. The Labute approximate surface area is 99.6 Å². The minimum atomic E-state index is -0.312. The third kappa shape index (κ3) is 3.14. The normalized spacial score (nSPS) is 9.53. The van der Waals surface area contributed by atoms with Gasteiger partial charge < -0.3 is 10.1 Å². The highest BCUT2D eigenvalue weighted by Gasteiger charge is 2.10. The molecule has 1 aromatic rings. The summed E-state index contributed by atoms with van der Waals surface area (Å²) in [4.78, 5) is 10.9. The largest absolute Gasteiger partial charge is 0.469 e. The van der Waals surface area contributed by atoms with Crippen LogP contribution in [0.2, 0.25) is 0 Å². The summed E-state index contributed by atoms with van der Waals surface area (Å²) in [6.07, 6.45) is 0.218. The quantitative estimate of drug-likeness (QED) is 0.780. The molecule has 90 valence electrons. The number of hydrogen-bond donors (Lipinski definition) is 1. The molecule has 0 aliphatic carbocycles. The smallest absolute Gasteiger partial charge is 0.307 e. The van der Waals surface area contributed by atoms with E-state index >= 15 is 0 Å². The van der Waals surface area contributed by atoms with Gasteiger partial charge in [0, 0.05) is 6.54 Å². The number of ether oxygens (including phenoxy) is 1. The Morgan fingerprint density at radius 2 is 2.18 bits per heavy atom. The van der Waals surface area contributed by atoms with Crippen molar-refractivity contribution in [2.75, 3.05) is 19.0 Å². The van der Waals surface area contributed by atoms with Gasteiger partial charge in [-0.25, -0.2) is 0 Å². The molecule has 1 rings (SSSR count). The molecule has 0 amide bonds. The van der Waals surface area contributed by atoms with E-state index in [-0.39, 0.29) is 12.4 Å². The van der Waals surface area contributed by atoms with Gasteiger partial charge in [0.25, 0.3) is 0 Å². The number of carbonyl (C=O) groups is 1. The highest BCUT2D eigenvalue weighted by atomic mass is 16.5. The van der Waals surface area contributed by atoms with Crippen LogP contribution in [0.15, 0.2) is 0 Å². The van der Waals surface area contributed by atoms with Gasteiger partial charge in [0.1, 0.15) is 11.6 Å². The van der Waals surface area contributed by atoms with Crippen molar-refractivity contribution in [2.24, 2.45) is 0 Å². The van der Waals surface area contributed by atoms with Gasteiger partial charge in [0.2, 0.25) is 0 Å². The lowest BCUT2D eigenvalue weighted by molar-refractivity contribution is -0.140. The number of nitrogens with zero attached hydrogens (tertiary/aromatic N) is 3. The van der Waals surface area contributed by atoms with E-state index < -0.39 is 0 Å². The van der Waals surface area contributed by atoms with E-state index in [0.717, 1.165) is 11.3 Å². The van der Waals surface area contributed by atoms with Crippen LogP contribution >= 0.6 is 0 Å². The van der Waals surface area contributed by atoms with Crippen LogP contribution < -0.4 is 5.32 Å². The van der Waals surface area contributed by atoms with Gasteiger partial charge in [-0.15, -0.1) is 5.10 Å². The Morgan fingerprint density at radius 1 is 1.47 bits per heavy atom. The van der Waals surface area contributed by atoms with Crippen LogP contribution in [-0.4, -0.2) is 29.8 Å². The first-order valence-electron chi connectivity index (χ1n) is 5.14. The Bertz CT molecular complexity index is 465. The zero-order valence-electron chi connectivity index (χ0n) is 10.1. The summed E-state index contributed by atoms with van der Waals surface area (Å²) in [5, 5.41) is 19.8. The number of methoxy groups -OCH3 is 1. The maximum Gasteiger partial charge on any atom is 0.307 e. The fraction of sp³-hybridized carbons (Fsp3) is 0.455. The minimum Gasteiger partial charge on any atom is -0.469 e. The zero-order chi connectivity index (χ0) is 12.8. The number of nitriles is 1. The maximum absolute atomic E-state index is 10.9. The Morgan fingerprint density at radius 3 is 2.76 bits per heavy atom. The summed E-state index contributed by atoms with van der Waals surface area (Å²) < 4.78 is 4.51. The first-order chi connectivity index (χ1) is 8.10. The first-order valence-corrected chi connectivity index (χ1v) is 5.14. The number of carbonyl (C=O) groups excluding carboxylic acids is 1. The summed E-state index contributed by atoms with van der Waals surface area (Å²) in [5.41, 5.74) is 1.98. The van der Waals surface area contributed by atoms with Crippen molar-refractivity contribution in [1.29, 1.82) is 5.26 Å². The number of nitrogens with one attached hydrogen (secondary N) is 1. The standard InChI is InChI=1S/C11H14N4O2/c1-7-8(2)14-15-11(9(7)6-12)13-5-4-10(16)17-3/h4-5H2,1-3H3,(H,13,15). The maximum atomic E-state index is 10.9. The van der Waals surface area contributed by atoms with Crippen LogP contribution in [0, 0.1) is 25.2 Å². The second kappa shape index (κ2) is 5.80. The molecule has 1 heterocycles. The average Bonchev–Trinajstić information content (AvgIpc) is 2.33. The summed E-state index contributed by atoms with van der Waals surface area (Å²) in [5.74, 6) is 0.0901. The molecule has 1 N–H and O–H groups in total. The van der Waals surface area contributed by atoms with Crippen LogP contribution in [0.4, 0.5) is 5.82 Å². The van der Waals surface area contributed by atoms with E-state index in [1.165, 1.54) is 7.11 Å². The molecular formula is C11H14N4O2. The molecule has 0 saturated heterocycles. The molecule has 1 aromatic heterocycles. The number of aryl methyl sites for hydroxylation is 1. The summed E-state index contributed by atoms with van der Waals surface area (Å²) >= 11 is 0. The molecule has 0 saturated carbocycles. The molecule has 0 unspecified atom stereocenters. The lowest BCUT2D eigenvalue weighted by atomic mass is 10.1. The molecule has 0 aliphatic rings. The highest BCUT2D eigenvalue weighted by molar-refractivity contribution is 5.70. The third-order valence-electron chi connectivity index (χ3n) is 2.42. The lowest BCUT2D eigenvalue weighted by Crippen LogP contribution is -2.13. The third-order valence-corrected chi connectivity index (χ3v) is 2.42. The fourth-order valence-corrected chi connectivity index (χ4v) is 1.25. The predicted octanol–water partition coefficient (Wildman–Crippen LogP) is 0.940. The van der Waals surface area contributed by atoms with Crippen molar-refractivity contribution in [1.82, 2.24) is 10.2 Å². The molecule has 0 aromatic carbocycles. The van der Waals surface area contributed by atoms with Crippen LogP contribution in [-0.2, 0) is 9.53 Å². The van der Waals surface area contributed by atoms with Crippen LogP contribution in [0.3, 0.4) is 0 Å². The molecular weight excluding hydrogens is 220 g/mol. The van der Waals surface area contributed by atoms with E-state index in [9.17, 15) is 4.79 Å². The molecule has 17 heavy (non-hydrogen) atoms. The second-order valence-electron chi connectivity index (χ2n) is 3.50. The molecule has 0 radical (unpaired) electrons. The molecule has 0 spiro atoms. The fourth-order valence-electron chi connectivity index (χ4n) is 1.25. The van der Waals surface area contributed by atoms with Gasteiger partial charge in [-0.1, -0.05) is 0 Å². The monoisotopic (exact) mass is 234 g/mol. The van der Waals surface area contributed by atoms with Crippen LogP contribution in [0.1, 0.15) is 23.2 Å². The first kappa shape index (κ1) is 12.9.